The highest BCUT2D eigenvalue weighted by Crippen LogP contribution is 2.09. The molecule has 0 aliphatic heterocycles. The second kappa shape index (κ2) is 7.35. The minimum absolute atomic E-state index is 0.0995. The summed E-state index contributed by atoms with van der Waals surface area (Å²) in [4.78, 5) is 22.2. The largest absolute Gasteiger partial charge is 0.395 e. The van der Waals surface area contributed by atoms with Gasteiger partial charge < -0.3 is 15.3 Å². The molecule has 1 amide bonds. The summed E-state index contributed by atoms with van der Waals surface area (Å²) in [7, 11) is 1.72. The molecule has 0 radical (unpaired) electrons. The third kappa shape index (κ3) is 4.00. The van der Waals surface area contributed by atoms with Crippen LogP contribution in [0.15, 0.2) is 42.7 Å². The fraction of sp³-hybridized carbons (Fsp3) is 0.267. The van der Waals surface area contributed by atoms with Gasteiger partial charge in [-0.2, -0.15) is 0 Å². The second-order valence-corrected chi connectivity index (χ2v) is 4.48. The van der Waals surface area contributed by atoms with Crippen molar-refractivity contribution in [1.29, 1.82) is 0 Å². The lowest BCUT2D eigenvalue weighted by atomic mass is 10.2. The van der Waals surface area contributed by atoms with Crippen LogP contribution in [0.5, 0.6) is 0 Å². The van der Waals surface area contributed by atoms with E-state index in [9.17, 15) is 4.79 Å². The lowest BCUT2D eigenvalue weighted by molar-refractivity contribution is 0.0701. The van der Waals surface area contributed by atoms with Crippen LogP contribution in [0.4, 0.5) is 5.82 Å². The third-order valence-electron chi connectivity index (χ3n) is 2.98. The maximum Gasteiger partial charge on any atom is 0.274 e. The van der Waals surface area contributed by atoms with Crippen molar-refractivity contribution in [2.75, 3.05) is 25.5 Å². The van der Waals surface area contributed by atoms with E-state index in [1.54, 1.807) is 18.1 Å². The molecule has 21 heavy (non-hydrogen) atoms. The minimum atomic E-state index is -0.252. The van der Waals surface area contributed by atoms with Crippen molar-refractivity contribution in [2.45, 2.75) is 6.54 Å². The molecule has 0 fully saturated rings. The number of hydrogen-bond acceptors (Lipinski definition) is 5. The number of anilines is 1. The van der Waals surface area contributed by atoms with Crippen molar-refractivity contribution in [2.24, 2.45) is 0 Å². The Morgan fingerprint density at radius 2 is 2.05 bits per heavy atom. The number of aromatic nitrogens is 2. The van der Waals surface area contributed by atoms with Gasteiger partial charge in [0, 0.05) is 20.1 Å². The zero-order valence-corrected chi connectivity index (χ0v) is 11.9. The first-order valence-electron chi connectivity index (χ1n) is 6.68. The van der Waals surface area contributed by atoms with Gasteiger partial charge in [-0.05, 0) is 5.56 Å². The molecular weight excluding hydrogens is 268 g/mol. The van der Waals surface area contributed by atoms with Crippen LogP contribution in [0.1, 0.15) is 16.1 Å². The van der Waals surface area contributed by atoms with E-state index in [0.29, 0.717) is 12.4 Å². The van der Waals surface area contributed by atoms with Gasteiger partial charge in [0.25, 0.3) is 5.91 Å². The van der Waals surface area contributed by atoms with Gasteiger partial charge in [-0.1, -0.05) is 30.3 Å². The fourth-order valence-electron chi connectivity index (χ4n) is 1.93. The molecule has 2 N–H and O–H groups in total. The SMILES string of the molecule is CNc1cncc(C(=O)N(CCO)Cc2ccccc2)n1. The fourth-order valence-corrected chi connectivity index (χ4v) is 1.93. The Morgan fingerprint density at radius 3 is 2.71 bits per heavy atom. The Hall–Kier alpha value is -2.47. The predicted octanol–water partition coefficient (Wildman–Crippen LogP) is 1.15. The Morgan fingerprint density at radius 1 is 1.29 bits per heavy atom. The first kappa shape index (κ1) is 14.9. The first-order valence-corrected chi connectivity index (χ1v) is 6.68. The summed E-state index contributed by atoms with van der Waals surface area (Å²) in [6.45, 7) is 0.572. The average molecular weight is 286 g/mol. The lowest BCUT2D eigenvalue weighted by Crippen LogP contribution is -2.33. The summed E-state index contributed by atoms with van der Waals surface area (Å²) < 4.78 is 0. The van der Waals surface area contributed by atoms with Gasteiger partial charge in [0.15, 0.2) is 0 Å². The highest BCUT2D eigenvalue weighted by Gasteiger charge is 2.17. The number of aliphatic hydroxyl groups excluding tert-OH is 1. The van der Waals surface area contributed by atoms with E-state index in [1.807, 2.05) is 30.3 Å². The second-order valence-electron chi connectivity index (χ2n) is 4.48. The van der Waals surface area contributed by atoms with Crippen molar-refractivity contribution in [3.63, 3.8) is 0 Å². The molecule has 2 rings (SSSR count). The van der Waals surface area contributed by atoms with E-state index in [1.165, 1.54) is 6.20 Å². The van der Waals surface area contributed by atoms with Crippen molar-refractivity contribution in [3.05, 3.63) is 54.0 Å². The van der Waals surface area contributed by atoms with Crippen LogP contribution >= 0.6 is 0 Å². The van der Waals surface area contributed by atoms with E-state index in [0.717, 1.165) is 5.56 Å². The molecule has 0 spiro atoms. The van der Waals surface area contributed by atoms with Crippen LogP contribution in [0, 0.1) is 0 Å². The predicted molar refractivity (Wildman–Crippen MR) is 79.8 cm³/mol. The van der Waals surface area contributed by atoms with Crippen molar-refractivity contribution in [3.8, 4) is 0 Å². The van der Waals surface area contributed by atoms with Gasteiger partial charge in [-0.3, -0.25) is 9.78 Å². The molecule has 0 saturated heterocycles. The number of hydrogen-bond donors (Lipinski definition) is 2. The maximum atomic E-state index is 12.5. The molecule has 0 unspecified atom stereocenters. The van der Waals surface area contributed by atoms with E-state index in [4.69, 9.17) is 5.11 Å². The number of carbonyl (C=O) groups is 1. The quantitative estimate of drug-likeness (QED) is 0.833. The average Bonchev–Trinajstić information content (AvgIpc) is 2.55. The zero-order valence-electron chi connectivity index (χ0n) is 11.9. The summed E-state index contributed by atoms with van der Waals surface area (Å²) in [6, 6.07) is 9.63. The highest BCUT2D eigenvalue weighted by molar-refractivity contribution is 5.92. The summed E-state index contributed by atoms with van der Waals surface area (Å²) in [5.74, 6) is 0.280. The molecule has 6 nitrogen and oxygen atoms in total. The molecule has 2 aromatic rings. The van der Waals surface area contributed by atoms with Crippen LogP contribution in [0.3, 0.4) is 0 Å². The third-order valence-corrected chi connectivity index (χ3v) is 2.98. The number of benzene rings is 1. The van der Waals surface area contributed by atoms with Crippen molar-refractivity contribution < 1.29 is 9.90 Å². The molecule has 0 bridgehead atoms. The molecular formula is C15H18N4O2. The van der Waals surface area contributed by atoms with Crippen LogP contribution < -0.4 is 5.32 Å². The highest BCUT2D eigenvalue weighted by atomic mass is 16.3. The lowest BCUT2D eigenvalue weighted by Gasteiger charge is -2.21. The smallest absolute Gasteiger partial charge is 0.274 e. The van der Waals surface area contributed by atoms with Crippen LogP contribution in [0.2, 0.25) is 0 Å². The molecule has 1 aromatic heterocycles. The zero-order chi connectivity index (χ0) is 15.1. The number of amides is 1. The normalized spacial score (nSPS) is 10.2. The number of rotatable bonds is 6. The Labute approximate surface area is 123 Å². The van der Waals surface area contributed by atoms with Crippen LogP contribution in [-0.2, 0) is 6.54 Å². The molecule has 0 saturated carbocycles. The van der Waals surface area contributed by atoms with E-state index in [2.05, 4.69) is 15.3 Å². The standard InChI is InChI=1S/C15H18N4O2/c1-16-14-10-17-9-13(18-14)15(21)19(7-8-20)11-12-5-3-2-4-6-12/h2-6,9-10,20H,7-8,11H2,1H3,(H,16,18). The first-order chi connectivity index (χ1) is 10.2. The van der Waals surface area contributed by atoms with Crippen LogP contribution in [-0.4, -0.2) is 46.1 Å². The molecule has 0 aliphatic carbocycles. The Balaban J connectivity index is 2.18. The summed E-state index contributed by atoms with van der Waals surface area (Å²) in [5.41, 5.74) is 1.25. The van der Waals surface area contributed by atoms with Gasteiger partial charge in [0.2, 0.25) is 0 Å². The Kier molecular flexibility index (Phi) is 5.22. The Bertz CT molecular complexity index is 589. The van der Waals surface area contributed by atoms with Gasteiger partial charge in [0.05, 0.1) is 19.0 Å². The molecule has 6 heteroatoms. The molecule has 1 aromatic carbocycles. The van der Waals surface area contributed by atoms with Gasteiger partial charge in [-0.25, -0.2) is 4.98 Å². The summed E-state index contributed by atoms with van der Waals surface area (Å²) in [6.07, 6.45) is 2.98. The summed E-state index contributed by atoms with van der Waals surface area (Å²) in [5, 5.41) is 12.0. The molecule has 0 aliphatic rings. The number of carbonyl (C=O) groups excluding carboxylic acids is 1. The van der Waals surface area contributed by atoms with Crippen LogP contribution in [0.25, 0.3) is 0 Å². The molecule has 110 valence electrons. The summed E-state index contributed by atoms with van der Waals surface area (Å²) >= 11 is 0. The number of aliphatic hydroxyl groups is 1. The molecule has 0 atom stereocenters. The van der Waals surface area contributed by atoms with Gasteiger partial charge >= 0.3 is 0 Å². The van der Waals surface area contributed by atoms with E-state index in [-0.39, 0.29) is 24.8 Å². The monoisotopic (exact) mass is 286 g/mol. The minimum Gasteiger partial charge on any atom is -0.395 e. The van der Waals surface area contributed by atoms with E-state index >= 15 is 0 Å². The van der Waals surface area contributed by atoms with E-state index < -0.39 is 0 Å². The molecule has 1 heterocycles. The number of nitrogens with zero attached hydrogens (tertiary/aromatic N) is 3. The van der Waals surface area contributed by atoms with Crippen molar-refractivity contribution >= 4 is 11.7 Å². The topological polar surface area (TPSA) is 78.4 Å². The maximum absolute atomic E-state index is 12.5. The number of nitrogens with one attached hydrogen (secondary N) is 1. The van der Waals surface area contributed by atoms with Gasteiger partial charge in [-0.15, -0.1) is 0 Å². The van der Waals surface area contributed by atoms with Gasteiger partial charge in [0.1, 0.15) is 11.5 Å². The van der Waals surface area contributed by atoms with Crippen molar-refractivity contribution in [1.82, 2.24) is 14.9 Å².